The van der Waals surface area contributed by atoms with Crippen molar-refractivity contribution in [1.82, 2.24) is 10.6 Å². The number of rotatable bonds is 10. The number of benzene rings is 2. The van der Waals surface area contributed by atoms with E-state index < -0.39 is 35.6 Å². The quantitative estimate of drug-likeness (QED) is 0.196. The van der Waals surface area contributed by atoms with Crippen LogP contribution < -0.4 is 10.6 Å². The van der Waals surface area contributed by atoms with Crippen LogP contribution in [0.2, 0.25) is 0 Å². The highest BCUT2D eigenvalue weighted by molar-refractivity contribution is 6.59. The molecular formula is C22H22N4O5. The number of amides is 2. The number of alkyl carbamates (subject to hydrolysis) is 1. The molecule has 0 aliphatic carbocycles. The minimum Gasteiger partial charge on any atom is -0.445 e. The largest absolute Gasteiger partial charge is 0.445 e. The molecule has 0 fully saturated rings. The van der Waals surface area contributed by atoms with Crippen molar-refractivity contribution in [2.24, 2.45) is 0 Å². The van der Waals surface area contributed by atoms with Gasteiger partial charge in [0.25, 0.3) is 5.78 Å². The van der Waals surface area contributed by atoms with Gasteiger partial charge in [0.1, 0.15) is 12.6 Å². The Morgan fingerprint density at radius 1 is 1.00 bits per heavy atom. The molecule has 2 unspecified atom stereocenters. The first-order valence-corrected chi connectivity index (χ1v) is 9.47. The zero-order valence-electron chi connectivity index (χ0n) is 16.9. The minimum atomic E-state index is -1.15. The summed E-state index contributed by atoms with van der Waals surface area (Å²) < 4.78 is 5.18. The van der Waals surface area contributed by atoms with E-state index in [1.54, 1.807) is 36.4 Å². The van der Waals surface area contributed by atoms with Crippen LogP contribution in [-0.4, -0.2) is 46.7 Å². The maximum atomic E-state index is 12.7. The molecule has 2 rings (SSSR count). The number of carbonyl (C=O) groups is 4. The fourth-order valence-electron chi connectivity index (χ4n) is 2.70. The summed E-state index contributed by atoms with van der Waals surface area (Å²) in [5.41, 5.74) is 9.54. The van der Waals surface area contributed by atoms with E-state index in [-0.39, 0.29) is 19.3 Å². The van der Waals surface area contributed by atoms with Crippen LogP contribution in [0.4, 0.5) is 4.79 Å². The minimum absolute atomic E-state index is 0.0247. The summed E-state index contributed by atoms with van der Waals surface area (Å²) in [4.78, 5) is 50.5. The molecule has 0 saturated heterocycles. The monoisotopic (exact) mass is 422 g/mol. The van der Waals surface area contributed by atoms with Gasteiger partial charge in [-0.15, -0.1) is 0 Å². The van der Waals surface area contributed by atoms with Crippen LogP contribution in [-0.2, 0) is 32.1 Å². The third-order valence-corrected chi connectivity index (χ3v) is 4.33. The highest BCUT2D eigenvalue weighted by Crippen LogP contribution is 2.06. The zero-order chi connectivity index (χ0) is 22.6. The smallest absolute Gasteiger partial charge is 0.408 e. The number of hydrogen-bond donors (Lipinski definition) is 2. The van der Waals surface area contributed by atoms with Gasteiger partial charge in [-0.05, 0) is 18.1 Å². The van der Waals surface area contributed by atoms with Gasteiger partial charge in [-0.2, -0.15) is 4.79 Å². The van der Waals surface area contributed by atoms with Gasteiger partial charge >= 0.3 is 11.8 Å². The summed E-state index contributed by atoms with van der Waals surface area (Å²) in [6.07, 6.45) is -0.571. The van der Waals surface area contributed by atoms with Crippen LogP contribution in [0.5, 0.6) is 0 Å². The third kappa shape index (κ3) is 7.34. The van der Waals surface area contributed by atoms with Gasteiger partial charge in [0, 0.05) is 6.42 Å². The molecule has 0 spiro atoms. The number of hydrogen-bond acceptors (Lipinski definition) is 5. The molecule has 0 aliphatic rings. The number of aldehydes is 1. The second kappa shape index (κ2) is 11.8. The van der Waals surface area contributed by atoms with E-state index in [2.05, 4.69) is 15.4 Å². The second-order valence-electron chi connectivity index (χ2n) is 6.65. The van der Waals surface area contributed by atoms with Crippen molar-refractivity contribution in [1.29, 1.82) is 0 Å². The Balaban J connectivity index is 2.07. The Morgan fingerprint density at radius 2 is 1.58 bits per heavy atom. The Labute approximate surface area is 179 Å². The van der Waals surface area contributed by atoms with Crippen LogP contribution in [0, 0.1) is 0 Å². The maximum Gasteiger partial charge on any atom is 0.408 e. The van der Waals surface area contributed by atoms with Gasteiger partial charge in [0.2, 0.25) is 12.2 Å². The van der Waals surface area contributed by atoms with Crippen LogP contribution in [0.15, 0.2) is 60.7 Å². The molecule has 2 aromatic carbocycles. The molecule has 9 heteroatoms. The molecule has 0 bridgehead atoms. The lowest BCUT2D eigenvalue weighted by Crippen LogP contribution is -2.52. The molecule has 2 aromatic rings. The molecule has 2 amide bonds. The fourth-order valence-corrected chi connectivity index (χ4v) is 2.70. The molecular weight excluding hydrogens is 400 g/mol. The molecule has 31 heavy (non-hydrogen) atoms. The van der Waals surface area contributed by atoms with Crippen LogP contribution >= 0.6 is 0 Å². The lowest BCUT2D eigenvalue weighted by molar-refractivity contribution is -0.128. The third-order valence-electron chi connectivity index (χ3n) is 4.33. The van der Waals surface area contributed by atoms with E-state index in [4.69, 9.17) is 10.3 Å². The molecule has 0 radical (unpaired) electrons. The molecule has 0 saturated carbocycles. The molecule has 2 atom stereocenters. The Hall–Kier alpha value is -4.10. The van der Waals surface area contributed by atoms with E-state index >= 15 is 0 Å². The van der Waals surface area contributed by atoms with E-state index in [0.29, 0.717) is 0 Å². The van der Waals surface area contributed by atoms with Crippen molar-refractivity contribution >= 4 is 29.8 Å². The van der Waals surface area contributed by atoms with E-state index in [9.17, 15) is 19.2 Å². The average molecular weight is 422 g/mol. The topological polar surface area (TPSA) is 138 Å². The van der Waals surface area contributed by atoms with Gasteiger partial charge < -0.3 is 20.9 Å². The lowest BCUT2D eigenvalue weighted by atomic mass is 10.0. The molecule has 9 nitrogen and oxygen atoms in total. The van der Waals surface area contributed by atoms with Crippen molar-refractivity contribution in [2.45, 2.75) is 32.0 Å². The predicted octanol–water partition coefficient (Wildman–Crippen LogP) is 1.47. The van der Waals surface area contributed by atoms with Crippen LogP contribution in [0.1, 0.15) is 18.1 Å². The molecule has 0 aromatic heterocycles. The van der Waals surface area contributed by atoms with Crippen molar-refractivity contribution in [3.8, 4) is 0 Å². The van der Waals surface area contributed by atoms with Crippen molar-refractivity contribution in [3.05, 3.63) is 77.3 Å². The summed E-state index contributed by atoms with van der Waals surface area (Å²) in [7, 11) is 0. The molecule has 0 heterocycles. The summed E-state index contributed by atoms with van der Waals surface area (Å²) in [5, 5.41) is 4.92. The molecule has 0 aliphatic heterocycles. The zero-order valence-corrected chi connectivity index (χ0v) is 16.9. The molecule has 160 valence electrons. The summed E-state index contributed by atoms with van der Waals surface area (Å²) in [6.45, 7) is 1.36. The van der Waals surface area contributed by atoms with E-state index in [1.165, 1.54) is 6.92 Å². The number of carbonyl (C=O) groups excluding carboxylic acids is 4. The van der Waals surface area contributed by atoms with Crippen LogP contribution in [0.25, 0.3) is 5.53 Å². The summed E-state index contributed by atoms with van der Waals surface area (Å²) >= 11 is 0. The first kappa shape index (κ1) is 23.2. The Bertz CT molecular complexity index is 972. The summed E-state index contributed by atoms with van der Waals surface area (Å²) in [6, 6.07) is 15.8. The highest BCUT2D eigenvalue weighted by Gasteiger charge is 2.30. The van der Waals surface area contributed by atoms with Crippen molar-refractivity contribution in [3.63, 3.8) is 0 Å². The summed E-state index contributed by atoms with van der Waals surface area (Å²) in [5.74, 6) is -1.53. The van der Waals surface area contributed by atoms with E-state index in [0.717, 1.165) is 11.1 Å². The van der Waals surface area contributed by atoms with E-state index in [1.807, 2.05) is 24.3 Å². The Kier molecular flexibility index (Phi) is 8.82. The molecule has 2 N–H and O–H groups in total. The Morgan fingerprint density at radius 3 is 2.13 bits per heavy atom. The SMILES string of the molecule is CC(NC(=O)C(Cc1ccccc1)NC(=O)OCc1ccccc1)C(=O)C(C=O)=[N+]=[N-]. The van der Waals surface area contributed by atoms with Gasteiger partial charge in [0.05, 0.1) is 6.04 Å². The van der Waals surface area contributed by atoms with Crippen molar-refractivity contribution in [2.75, 3.05) is 0 Å². The number of Topliss-reactive ketones (excluding diaryl/α,β-unsaturated/α-hetero) is 1. The fraction of sp³-hybridized carbons (Fsp3) is 0.227. The van der Waals surface area contributed by atoms with Crippen LogP contribution in [0.3, 0.4) is 0 Å². The van der Waals surface area contributed by atoms with Gasteiger partial charge in [-0.25, -0.2) is 4.79 Å². The maximum absolute atomic E-state index is 12.7. The lowest BCUT2D eigenvalue weighted by Gasteiger charge is -2.20. The average Bonchev–Trinajstić information content (AvgIpc) is 2.79. The number of ketones is 1. The van der Waals surface area contributed by atoms with Gasteiger partial charge in [0.15, 0.2) is 0 Å². The highest BCUT2D eigenvalue weighted by atomic mass is 16.5. The number of nitrogens with zero attached hydrogens (tertiary/aromatic N) is 2. The predicted molar refractivity (Wildman–Crippen MR) is 111 cm³/mol. The second-order valence-corrected chi connectivity index (χ2v) is 6.65. The van der Waals surface area contributed by atoms with Gasteiger partial charge in [-0.1, -0.05) is 60.7 Å². The standard InChI is InChI=1S/C22H22N4O5/c1-15(20(28)19(13-27)26-23)24-21(29)18(12-16-8-4-2-5-9-16)25-22(30)31-14-17-10-6-3-7-11-17/h2-11,13,15,18H,12,14H2,1H3,(H,24,29)(H,25,30). The first-order chi connectivity index (χ1) is 14.9. The van der Waals surface area contributed by atoms with Gasteiger partial charge in [-0.3, -0.25) is 14.4 Å². The van der Waals surface area contributed by atoms with Crippen molar-refractivity contribution < 1.29 is 28.7 Å². The first-order valence-electron chi connectivity index (χ1n) is 9.47. The number of ether oxygens (including phenoxy) is 1. The normalized spacial score (nSPS) is 11.9. The number of nitrogens with one attached hydrogen (secondary N) is 2.